The van der Waals surface area contributed by atoms with Crippen LogP contribution in [-0.4, -0.2) is 14.7 Å². The molecule has 22 heavy (non-hydrogen) atoms. The third-order valence-electron chi connectivity index (χ3n) is 2.85. The van der Waals surface area contributed by atoms with Crippen LogP contribution in [0.3, 0.4) is 0 Å². The van der Waals surface area contributed by atoms with Crippen molar-refractivity contribution in [2.45, 2.75) is 18.1 Å². The Bertz CT molecular complexity index is 756. The van der Waals surface area contributed by atoms with Crippen molar-refractivity contribution in [3.8, 4) is 0 Å². The molecule has 0 fully saturated rings. The summed E-state index contributed by atoms with van der Waals surface area (Å²) in [6.07, 6.45) is -5.10. The van der Waals surface area contributed by atoms with Crippen molar-refractivity contribution in [2.24, 2.45) is 0 Å². The number of hydrogen-bond acceptors (Lipinski definition) is 2. The van der Waals surface area contributed by atoms with Gasteiger partial charge in [0.2, 0.25) is 0 Å². The Hall–Kier alpha value is -1.73. The summed E-state index contributed by atoms with van der Waals surface area (Å²) in [5.41, 5.74) is 0.210. The van der Waals surface area contributed by atoms with Crippen molar-refractivity contribution in [2.75, 3.05) is 4.31 Å². The molecule has 0 amide bonds. The monoisotopic (exact) mass is 349 g/mol. The molecule has 0 spiro atoms. The first kappa shape index (κ1) is 16.6. The molecule has 0 N–H and O–H groups in total. The zero-order valence-corrected chi connectivity index (χ0v) is 12.9. The van der Waals surface area contributed by atoms with E-state index in [-0.39, 0.29) is 5.02 Å². The molecule has 0 radical (unpaired) electrons. The highest BCUT2D eigenvalue weighted by molar-refractivity contribution is 7.92. The highest BCUT2D eigenvalue weighted by atomic mass is 35.5. The molecule has 3 nitrogen and oxygen atoms in total. The van der Waals surface area contributed by atoms with E-state index in [9.17, 15) is 21.6 Å². The van der Waals surface area contributed by atoms with Gasteiger partial charge >= 0.3 is 6.30 Å². The zero-order valence-electron chi connectivity index (χ0n) is 11.3. The van der Waals surface area contributed by atoms with Gasteiger partial charge < -0.3 is 0 Å². The van der Waals surface area contributed by atoms with Crippen LogP contribution < -0.4 is 4.31 Å². The van der Waals surface area contributed by atoms with E-state index in [0.29, 0.717) is 0 Å². The maximum atomic E-state index is 13.3. The van der Waals surface area contributed by atoms with Gasteiger partial charge in [0.15, 0.2) is 0 Å². The normalized spacial score (nSPS) is 12.2. The van der Waals surface area contributed by atoms with Crippen LogP contribution in [0.2, 0.25) is 5.02 Å². The Morgan fingerprint density at radius 3 is 1.91 bits per heavy atom. The summed E-state index contributed by atoms with van der Waals surface area (Å²) in [5.74, 6) is 0. The lowest BCUT2D eigenvalue weighted by atomic mass is 10.2. The second-order valence-corrected chi connectivity index (χ2v) is 6.75. The molecule has 0 saturated carbocycles. The molecule has 0 unspecified atom stereocenters. The summed E-state index contributed by atoms with van der Waals surface area (Å²) in [4.78, 5) is -0.439. The van der Waals surface area contributed by atoms with Gasteiger partial charge in [-0.2, -0.15) is 4.31 Å². The van der Waals surface area contributed by atoms with Gasteiger partial charge in [0.1, 0.15) is 0 Å². The molecular weight excluding hydrogens is 339 g/mol. The predicted octanol–water partition coefficient (Wildman–Crippen LogP) is 4.36. The van der Waals surface area contributed by atoms with Crippen molar-refractivity contribution in [3.05, 3.63) is 59.1 Å². The minimum Gasteiger partial charge on any atom is -0.201 e. The van der Waals surface area contributed by atoms with Gasteiger partial charge in [-0.15, -0.1) is 13.2 Å². The van der Waals surface area contributed by atoms with E-state index in [1.54, 1.807) is 6.92 Å². The van der Waals surface area contributed by atoms with Gasteiger partial charge in [-0.3, -0.25) is 0 Å². The SMILES string of the molecule is Cc1ccc(S(=O)(=O)N(c2ccc(Cl)cc2)C(F)(F)F)cc1. The fourth-order valence-electron chi connectivity index (χ4n) is 1.81. The molecule has 0 saturated heterocycles. The summed E-state index contributed by atoms with van der Waals surface area (Å²) in [7, 11) is -4.78. The fourth-order valence-corrected chi connectivity index (χ4v) is 3.30. The Labute approximate surface area is 131 Å². The molecule has 0 bridgehead atoms. The van der Waals surface area contributed by atoms with Gasteiger partial charge in [-0.1, -0.05) is 29.3 Å². The number of aryl methyl sites for hydroxylation is 1. The Kier molecular flexibility index (Phi) is 4.39. The lowest BCUT2D eigenvalue weighted by Gasteiger charge is -2.26. The minimum absolute atomic E-state index is 0.207. The second kappa shape index (κ2) is 5.81. The van der Waals surface area contributed by atoms with Crippen LogP contribution >= 0.6 is 11.6 Å². The number of benzene rings is 2. The number of alkyl halides is 3. The van der Waals surface area contributed by atoms with Crippen molar-refractivity contribution in [1.82, 2.24) is 0 Å². The summed E-state index contributed by atoms with van der Waals surface area (Å²) in [6, 6.07) is 9.54. The maximum Gasteiger partial charge on any atom is 0.498 e. The molecule has 2 rings (SSSR count). The van der Waals surface area contributed by atoms with E-state index < -0.39 is 31.2 Å². The van der Waals surface area contributed by atoms with Gasteiger partial charge in [0.05, 0.1) is 10.6 Å². The lowest BCUT2D eigenvalue weighted by molar-refractivity contribution is -0.115. The molecule has 0 atom stereocenters. The lowest BCUT2D eigenvalue weighted by Crippen LogP contribution is -2.42. The van der Waals surface area contributed by atoms with E-state index in [0.717, 1.165) is 29.8 Å². The van der Waals surface area contributed by atoms with Crippen LogP contribution in [0, 0.1) is 6.92 Å². The van der Waals surface area contributed by atoms with E-state index in [2.05, 4.69) is 0 Å². The van der Waals surface area contributed by atoms with E-state index >= 15 is 0 Å². The van der Waals surface area contributed by atoms with Crippen LogP contribution in [0.25, 0.3) is 0 Å². The molecule has 0 aliphatic carbocycles. The van der Waals surface area contributed by atoms with E-state index in [4.69, 9.17) is 11.6 Å². The highest BCUT2D eigenvalue weighted by Gasteiger charge is 2.46. The summed E-state index contributed by atoms with van der Waals surface area (Å²) in [6.45, 7) is 1.71. The molecule has 2 aromatic carbocycles. The molecule has 8 heteroatoms. The summed E-state index contributed by atoms with van der Waals surface area (Å²) >= 11 is 5.63. The molecule has 0 aliphatic heterocycles. The number of hydrogen-bond donors (Lipinski definition) is 0. The average Bonchev–Trinajstić information content (AvgIpc) is 2.40. The largest absolute Gasteiger partial charge is 0.498 e. The molecule has 0 aromatic heterocycles. The standard InChI is InChI=1S/C14H11ClF3NO2S/c1-10-2-8-13(9-3-10)22(20,21)19(14(16,17)18)12-6-4-11(15)5-7-12/h2-9H,1H3. The van der Waals surface area contributed by atoms with E-state index in [1.165, 1.54) is 24.3 Å². The van der Waals surface area contributed by atoms with Crippen LogP contribution in [0.15, 0.2) is 53.4 Å². The topological polar surface area (TPSA) is 37.4 Å². The first-order chi connectivity index (χ1) is 10.1. The zero-order chi connectivity index (χ0) is 16.5. The quantitative estimate of drug-likeness (QED) is 0.772. The van der Waals surface area contributed by atoms with Gasteiger partial charge in [0, 0.05) is 5.02 Å². The number of nitrogens with zero attached hydrogens (tertiary/aromatic N) is 1. The van der Waals surface area contributed by atoms with E-state index in [1.807, 2.05) is 0 Å². The predicted molar refractivity (Wildman–Crippen MR) is 78.4 cm³/mol. The number of rotatable bonds is 3. The third kappa shape index (κ3) is 3.36. The molecule has 118 valence electrons. The molecule has 2 aromatic rings. The fraction of sp³-hybridized carbons (Fsp3) is 0.143. The number of sulfonamides is 1. The van der Waals surface area contributed by atoms with Crippen molar-refractivity contribution >= 4 is 27.3 Å². The van der Waals surface area contributed by atoms with Gasteiger partial charge in [-0.25, -0.2) is 8.42 Å². The second-order valence-electron chi connectivity index (χ2n) is 4.53. The van der Waals surface area contributed by atoms with Crippen LogP contribution in [0.5, 0.6) is 0 Å². The molecule has 0 heterocycles. The maximum absolute atomic E-state index is 13.3. The van der Waals surface area contributed by atoms with Crippen molar-refractivity contribution in [1.29, 1.82) is 0 Å². The smallest absolute Gasteiger partial charge is 0.201 e. The minimum atomic E-state index is -5.10. The van der Waals surface area contributed by atoms with Crippen LogP contribution in [0.1, 0.15) is 5.56 Å². The van der Waals surface area contributed by atoms with Crippen molar-refractivity contribution in [3.63, 3.8) is 0 Å². The number of halogens is 4. The third-order valence-corrected chi connectivity index (χ3v) is 4.87. The molecule has 0 aliphatic rings. The first-order valence-corrected chi connectivity index (χ1v) is 7.88. The number of anilines is 1. The average molecular weight is 350 g/mol. The first-order valence-electron chi connectivity index (χ1n) is 6.07. The van der Waals surface area contributed by atoms with Crippen LogP contribution in [0.4, 0.5) is 18.9 Å². The van der Waals surface area contributed by atoms with Crippen molar-refractivity contribution < 1.29 is 21.6 Å². The Morgan fingerprint density at radius 2 is 1.45 bits per heavy atom. The Balaban J connectivity index is 2.59. The Morgan fingerprint density at radius 1 is 0.955 bits per heavy atom. The van der Waals surface area contributed by atoms with Crippen LogP contribution in [-0.2, 0) is 10.0 Å². The summed E-state index contributed by atoms with van der Waals surface area (Å²) in [5, 5.41) is 0.207. The van der Waals surface area contributed by atoms with Gasteiger partial charge in [-0.05, 0) is 43.3 Å². The molecular formula is C14H11ClF3NO2S. The summed E-state index contributed by atoms with van der Waals surface area (Å²) < 4.78 is 64.0. The highest BCUT2D eigenvalue weighted by Crippen LogP contribution is 2.35. The van der Waals surface area contributed by atoms with Gasteiger partial charge in [0.25, 0.3) is 10.0 Å².